The van der Waals surface area contributed by atoms with Crippen LogP contribution in [-0.2, 0) is 17.9 Å². The van der Waals surface area contributed by atoms with Gasteiger partial charge in [-0.1, -0.05) is 26.0 Å². The highest BCUT2D eigenvalue weighted by molar-refractivity contribution is 6.03. The van der Waals surface area contributed by atoms with Crippen molar-refractivity contribution in [3.63, 3.8) is 0 Å². The zero-order chi connectivity index (χ0) is 29.1. The summed E-state index contributed by atoms with van der Waals surface area (Å²) in [6, 6.07) is 15.5. The van der Waals surface area contributed by atoms with Crippen LogP contribution in [0.4, 0.5) is 0 Å². The van der Waals surface area contributed by atoms with E-state index in [-0.39, 0.29) is 11.8 Å². The minimum atomic E-state index is -1.08. The summed E-state index contributed by atoms with van der Waals surface area (Å²) in [4.78, 5) is 32.3. The molecular weight excluding hydrogens is 516 g/mol. The zero-order valence-corrected chi connectivity index (χ0v) is 25.1. The van der Waals surface area contributed by atoms with E-state index in [0.717, 1.165) is 54.0 Å². The molecule has 8 nitrogen and oxygen atoms in total. The Morgan fingerprint density at radius 3 is 2.44 bits per heavy atom. The third-order valence-corrected chi connectivity index (χ3v) is 8.58. The van der Waals surface area contributed by atoms with Gasteiger partial charge in [0.15, 0.2) is 0 Å². The molecular formula is C33H44N4O4. The first-order chi connectivity index (χ1) is 19.7. The molecule has 2 aromatic carbocycles. The number of hydrogen-bond acceptors (Lipinski definition) is 5. The van der Waals surface area contributed by atoms with Crippen LogP contribution in [0.5, 0.6) is 11.5 Å². The second-order valence-corrected chi connectivity index (χ2v) is 12.1. The molecule has 0 saturated carbocycles. The molecule has 5 rings (SSSR count). The van der Waals surface area contributed by atoms with Crippen molar-refractivity contribution in [2.24, 2.45) is 11.8 Å². The number of likely N-dealkylation sites (tertiary alicyclic amines) is 1. The van der Waals surface area contributed by atoms with Crippen molar-refractivity contribution in [2.75, 3.05) is 39.9 Å². The van der Waals surface area contributed by atoms with Gasteiger partial charge in [-0.2, -0.15) is 0 Å². The number of carbonyl (C=O) groups excluding carboxylic acids is 2. The number of piperidine rings is 1. The smallest absolute Gasteiger partial charge is 0.271 e. The van der Waals surface area contributed by atoms with Crippen molar-refractivity contribution in [2.45, 2.75) is 59.2 Å². The van der Waals surface area contributed by atoms with Crippen LogP contribution in [0.3, 0.4) is 0 Å². The van der Waals surface area contributed by atoms with Gasteiger partial charge < -0.3 is 29.2 Å². The minimum Gasteiger partial charge on any atom is -0.497 e. The molecule has 2 aliphatic heterocycles. The number of aromatic nitrogens is 1. The Bertz CT molecular complexity index is 1370. The van der Waals surface area contributed by atoms with E-state index in [9.17, 15) is 9.59 Å². The molecule has 3 atom stereocenters. The topological polar surface area (TPSA) is 76.0 Å². The van der Waals surface area contributed by atoms with Crippen molar-refractivity contribution in [1.29, 1.82) is 0 Å². The maximum atomic E-state index is 14.1. The fraction of sp³-hybridized carbons (Fsp3) is 0.515. The van der Waals surface area contributed by atoms with Crippen LogP contribution < -0.4 is 14.8 Å². The lowest BCUT2D eigenvalue weighted by Gasteiger charge is -2.44. The van der Waals surface area contributed by atoms with Crippen LogP contribution >= 0.6 is 0 Å². The van der Waals surface area contributed by atoms with E-state index in [2.05, 4.69) is 24.1 Å². The van der Waals surface area contributed by atoms with Crippen molar-refractivity contribution in [3.8, 4) is 11.5 Å². The van der Waals surface area contributed by atoms with Gasteiger partial charge in [-0.15, -0.1) is 0 Å². The SMILES string of the molecule is CCOc1ccc(CN2C(=O)c3cc4ccc(OC)cc4n3C[C@]2(C)C(=O)NCCCN2C[C@H](C)C[C@H](C)C2)cc1. The maximum Gasteiger partial charge on any atom is 0.271 e. The summed E-state index contributed by atoms with van der Waals surface area (Å²) < 4.78 is 13.0. The first kappa shape index (κ1) is 29.0. The Balaban J connectivity index is 1.38. The van der Waals surface area contributed by atoms with Gasteiger partial charge in [0, 0.05) is 37.6 Å². The summed E-state index contributed by atoms with van der Waals surface area (Å²) in [6.45, 7) is 13.5. The second-order valence-electron chi connectivity index (χ2n) is 12.1. The second kappa shape index (κ2) is 12.1. The lowest BCUT2D eigenvalue weighted by atomic mass is 9.92. The highest BCUT2D eigenvalue weighted by Crippen LogP contribution is 2.35. The van der Waals surface area contributed by atoms with E-state index < -0.39 is 5.54 Å². The van der Waals surface area contributed by atoms with E-state index in [4.69, 9.17) is 9.47 Å². The summed E-state index contributed by atoms with van der Waals surface area (Å²) >= 11 is 0. The van der Waals surface area contributed by atoms with E-state index >= 15 is 0 Å². The summed E-state index contributed by atoms with van der Waals surface area (Å²) in [6.07, 6.45) is 2.16. The van der Waals surface area contributed by atoms with E-state index in [1.165, 1.54) is 6.42 Å². The number of methoxy groups -OCH3 is 1. The number of amides is 2. The first-order valence-corrected chi connectivity index (χ1v) is 14.9. The number of carbonyl (C=O) groups is 2. The summed E-state index contributed by atoms with van der Waals surface area (Å²) in [5.41, 5.74) is 1.34. The molecule has 3 heterocycles. The van der Waals surface area contributed by atoms with Crippen LogP contribution in [-0.4, -0.2) is 71.6 Å². The van der Waals surface area contributed by atoms with Crippen LogP contribution in [0, 0.1) is 11.8 Å². The molecule has 2 amide bonds. The number of rotatable bonds is 10. The van der Waals surface area contributed by atoms with E-state index in [1.54, 1.807) is 12.0 Å². The van der Waals surface area contributed by atoms with Gasteiger partial charge in [0.2, 0.25) is 5.91 Å². The normalized spacial score (nSPS) is 23.0. The van der Waals surface area contributed by atoms with Crippen LogP contribution in [0.15, 0.2) is 48.5 Å². The van der Waals surface area contributed by atoms with Gasteiger partial charge in [0.05, 0.1) is 25.8 Å². The number of nitrogens with zero attached hydrogens (tertiary/aromatic N) is 3. The van der Waals surface area contributed by atoms with Crippen LogP contribution in [0.25, 0.3) is 10.9 Å². The molecule has 41 heavy (non-hydrogen) atoms. The lowest BCUT2D eigenvalue weighted by molar-refractivity contribution is -0.133. The Hall–Kier alpha value is -3.52. The average Bonchev–Trinajstić information content (AvgIpc) is 3.31. The number of nitrogens with one attached hydrogen (secondary N) is 1. The molecule has 8 heteroatoms. The Kier molecular flexibility index (Phi) is 8.59. The molecule has 1 saturated heterocycles. The molecule has 2 aliphatic rings. The molecule has 1 aromatic heterocycles. The van der Waals surface area contributed by atoms with Gasteiger partial charge in [0.1, 0.15) is 22.7 Å². The summed E-state index contributed by atoms with van der Waals surface area (Å²) in [5.74, 6) is 2.63. The highest BCUT2D eigenvalue weighted by Gasteiger charge is 2.47. The molecule has 0 bridgehead atoms. The number of ether oxygens (including phenoxy) is 2. The fourth-order valence-corrected chi connectivity index (χ4v) is 6.62. The molecule has 0 aliphatic carbocycles. The predicted molar refractivity (Wildman–Crippen MR) is 161 cm³/mol. The summed E-state index contributed by atoms with van der Waals surface area (Å²) in [5, 5.41) is 4.14. The van der Waals surface area contributed by atoms with Gasteiger partial charge in [-0.05, 0) is 81.0 Å². The van der Waals surface area contributed by atoms with Crippen molar-refractivity contribution >= 4 is 22.7 Å². The number of benzene rings is 2. The molecule has 0 radical (unpaired) electrons. The Morgan fingerprint density at radius 2 is 1.76 bits per heavy atom. The molecule has 1 N–H and O–H groups in total. The highest BCUT2D eigenvalue weighted by atomic mass is 16.5. The average molecular weight is 561 g/mol. The molecule has 0 spiro atoms. The van der Waals surface area contributed by atoms with Gasteiger partial charge in [-0.3, -0.25) is 9.59 Å². The molecule has 220 valence electrons. The monoisotopic (exact) mass is 560 g/mol. The number of fused-ring (bicyclic) bond motifs is 3. The van der Waals surface area contributed by atoms with Crippen molar-refractivity contribution < 1.29 is 19.1 Å². The standard InChI is InChI=1S/C33H44N4O4/c1-6-41-27-11-8-25(9-12-27)21-37-31(38)30-17-26-10-13-28(40-5)18-29(26)36(30)22-33(37,4)32(39)34-14-7-15-35-19-23(2)16-24(3)20-35/h8-13,17-18,23-24H,6-7,14-16,19-22H2,1-5H3,(H,34,39)/t23-,24+,33-/m1/s1. The maximum absolute atomic E-state index is 14.1. The fourth-order valence-electron chi connectivity index (χ4n) is 6.62. The quantitative estimate of drug-likeness (QED) is 0.355. The van der Waals surface area contributed by atoms with Crippen molar-refractivity contribution in [3.05, 3.63) is 59.8 Å². The summed E-state index contributed by atoms with van der Waals surface area (Å²) in [7, 11) is 1.63. The first-order valence-electron chi connectivity index (χ1n) is 14.9. The third-order valence-electron chi connectivity index (χ3n) is 8.58. The largest absolute Gasteiger partial charge is 0.497 e. The van der Waals surface area contributed by atoms with E-state index in [0.29, 0.717) is 43.8 Å². The third kappa shape index (κ3) is 6.08. The van der Waals surface area contributed by atoms with Crippen molar-refractivity contribution in [1.82, 2.24) is 19.7 Å². The minimum absolute atomic E-state index is 0.132. The van der Waals surface area contributed by atoms with Gasteiger partial charge in [0.25, 0.3) is 5.91 Å². The van der Waals surface area contributed by atoms with E-state index in [1.807, 2.05) is 66.9 Å². The Labute approximate surface area is 243 Å². The lowest BCUT2D eigenvalue weighted by Crippen LogP contribution is -2.63. The molecule has 1 fully saturated rings. The van der Waals surface area contributed by atoms with Gasteiger partial charge in [-0.25, -0.2) is 0 Å². The predicted octanol–water partition coefficient (Wildman–Crippen LogP) is 4.95. The zero-order valence-electron chi connectivity index (χ0n) is 25.1. The number of hydrogen-bond donors (Lipinski definition) is 1. The van der Waals surface area contributed by atoms with Crippen LogP contribution in [0.2, 0.25) is 0 Å². The van der Waals surface area contributed by atoms with Gasteiger partial charge >= 0.3 is 0 Å². The Morgan fingerprint density at radius 1 is 1.05 bits per heavy atom. The molecule has 3 aromatic rings. The molecule has 0 unspecified atom stereocenters. The van der Waals surface area contributed by atoms with Crippen LogP contribution in [0.1, 0.15) is 56.6 Å².